The number of hydrogen-bond acceptors (Lipinski definition) is 3. The summed E-state index contributed by atoms with van der Waals surface area (Å²) >= 11 is 5.73. The monoisotopic (exact) mass is 417 g/mol. The van der Waals surface area contributed by atoms with Crippen LogP contribution >= 0.6 is 38.5 Å². The lowest BCUT2D eigenvalue weighted by Crippen LogP contribution is -2.05. The van der Waals surface area contributed by atoms with E-state index >= 15 is 0 Å². The van der Waals surface area contributed by atoms with Crippen LogP contribution < -0.4 is 5.73 Å². The van der Waals surface area contributed by atoms with Gasteiger partial charge in [-0.25, -0.2) is 9.97 Å². The van der Waals surface area contributed by atoms with Crippen LogP contribution in [-0.4, -0.2) is 9.97 Å². The first-order chi connectivity index (χ1) is 8.63. The highest BCUT2D eigenvalue weighted by Gasteiger charge is 2.12. The maximum atomic E-state index is 5.97. The third-order valence-corrected chi connectivity index (χ3v) is 4.41. The number of aromatic nitrogens is 2. The topological polar surface area (TPSA) is 51.8 Å². The molecule has 0 fully saturated rings. The summed E-state index contributed by atoms with van der Waals surface area (Å²) in [6.07, 6.45) is 1.96. The van der Waals surface area contributed by atoms with Gasteiger partial charge in [0.15, 0.2) is 5.82 Å². The molecule has 0 aliphatic rings. The van der Waals surface area contributed by atoms with E-state index in [1.807, 2.05) is 24.3 Å². The first kappa shape index (κ1) is 13.7. The van der Waals surface area contributed by atoms with Crippen molar-refractivity contribution in [1.82, 2.24) is 9.97 Å². The number of halogens is 2. The second-order valence-electron chi connectivity index (χ2n) is 3.92. The van der Waals surface area contributed by atoms with Gasteiger partial charge in [0.05, 0.1) is 9.26 Å². The first-order valence-corrected chi connectivity index (χ1v) is 7.57. The Hall–Kier alpha value is -0.690. The fourth-order valence-corrected chi connectivity index (χ4v) is 2.65. The number of benzene rings is 1. The van der Waals surface area contributed by atoms with Crippen molar-refractivity contribution in [2.24, 2.45) is 0 Å². The Kier molecular flexibility index (Phi) is 4.55. The molecule has 0 aliphatic carbocycles. The SMILES string of the molecule is CCCc1nc(-c2ccccc2Br)nc(N)c1I. The van der Waals surface area contributed by atoms with E-state index in [2.05, 4.69) is 55.4 Å². The average molecular weight is 418 g/mol. The molecule has 1 aromatic heterocycles. The second kappa shape index (κ2) is 5.97. The Morgan fingerprint density at radius 1 is 1.28 bits per heavy atom. The molecule has 94 valence electrons. The van der Waals surface area contributed by atoms with Crippen molar-refractivity contribution in [3.8, 4) is 11.4 Å². The molecule has 0 spiro atoms. The van der Waals surface area contributed by atoms with Crippen LogP contribution in [0.1, 0.15) is 19.0 Å². The fraction of sp³-hybridized carbons (Fsp3) is 0.231. The molecule has 0 saturated heterocycles. The van der Waals surface area contributed by atoms with Crippen molar-refractivity contribution in [3.63, 3.8) is 0 Å². The van der Waals surface area contributed by atoms with Gasteiger partial charge in [0.25, 0.3) is 0 Å². The number of nitrogens with two attached hydrogens (primary N) is 1. The van der Waals surface area contributed by atoms with Gasteiger partial charge in [-0.15, -0.1) is 0 Å². The van der Waals surface area contributed by atoms with Crippen LogP contribution in [0, 0.1) is 3.57 Å². The zero-order valence-corrected chi connectivity index (χ0v) is 13.7. The van der Waals surface area contributed by atoms with E-state index in [-0.39, 0.29) is 0 Å². The van der Waals surface area contributed by atoms with E-state index in [0.29, 0.717) is 11.6 Å². The normalized spacial score (nSPS) is 10.6. The Labute approximate surface area is 128 Å². The summed E-state index contributed by atoms with van der Waals surface area (Å²) in [4.78, 5) is 9.00. The van der Waals surface area contributed by atoms with Gasteiger partial charge in [-0.3, -0.25) is 0 Å². The molecule has 0 atom stereocenters. The fourth-order valence-electron chi connectivity index (χ4n) is 1.68. The molecule has 0 aliphatic heterocycles. The van der Waals surface area contributed by atoms with Gasteiger partial charge >= 0.3 is 0 Å². The lowest BCUT2D eigenvalue weighted by atomic mass is 10.2. The Morgan fingerprint density at radius 3 is 2.67 bits per heavy atom. The van der Waals surface area contributed by atoms with E-state index < -0.39 is 0 Å². The zero-order valence-electron chi connectivity index (χ0n) is 9.95. The molecular weight excluding hydrogens is 405 g/mol. The molecular formula is C13H13BrIN3. The molecule has 2 rings (SSSR count). The number of nitrogens with zero attached hydrogens (tertiary/aromatic N) is 2. The summed E-state index contributed by atoms with van der Waals surface area (Å²) in [6.45, 7) is 2.13. The Morgan fingerprint density at radius 2 is 2.00 bits per heavy atom. The number of hydrogen-bond donors (Lipinski definition) is 1. The van der Waals surface area contributed by atoms with Gasteiger partial charge in [-0.05, 0) is 35.1 Å². The third-order valence-electron chi connectivity index (χ3n) is 2.55. The van der Waals surface area contributed by atoms with E-state index in [1.54, 1.807) is 0 Å². The van der Waals surface area contributed by atoms with Gasteiger partial charge in [0.2, 0.25) is 0 Å². The van der Waals surface area contributed by atoms with Gasteiger partial charge in [-0.1, -0.05) is 47.5 Å². The van der Waals surface area contributed by atoms with E-state index in [1.165, 1.54) is 0 Å². The highest BCUT2D eigenvalue weighted by atomic mass is 127. The minimum Gasteiger partial charge on any atom is -0.383 e. The number of aryl methyl sites for hydroxylation is 1. The minimum atomic E-state index is 0.555. The van der Waals surface area contributed by atoms with Crippen LogP contribution in [0.5, 0.6) is 0 Å². The number of rotatable bonds is 3. The predicted octanol–water partition coefficient (Wildman–Crippen LogP) is 4.05. The molecule has 0 radical (unpaired) electrons. The minimum absolute atomic E-state index is 0.555. The third kappa shape index (κ3) is 2.83. The molecule has 3 nitrogen and oxygen atoms in total. The smallest absolute Gasteiger partial charge is 0.162 e. The molecule has 5 heteroatoms. The van der Waals surface area contributed by atoms with Crippen LogP contribution in [0.25, 0.3) is 11.4 Å². The zero-order chi connectivity index (χ0) is 13.1. The van der Waals surface area contributed by atoms with Crippen molar-refractivity contribution >= 4 is 44.3 Å². The van der Waals surface area contributed by atoms with Crippen LogP contribution in [-0.2, 0) is 6.42 Å². The molecule has 1 aromatic carbocycles. The van der Waals surface area contributed by atoms with Gasteiger partial charge in [-0.2, -0.15) is 0 Å². The second-order valence-corrected chi connectivity index (χ2v) is 5.86. The maximum Gasteiger partial charge on any atom is 0.162 e. The van der Waals surface area contributed by atoms with Gasteiger partial charge in [0.1, 0.15) is 5.82 Å². The number of anilines is 1. The summed E-state index contributed by atoms with van der Waals surface area (Å²) in [7, 11) is 0. The van der Waals surface area contributed by atoms with E-state index in [0.717, 1.165) is 32.1 Å². The van der Waals surface area contributed by atoms with Crippen LogP contribution in [0.2, 0.25) is 0 Å². The van der Waals surface area contributed by atoms with Crippen molar-refractivity contribution in [3.05, 3.63) is 38.0 Å². The molecule has 0 amide bonds. The lowest BCUT2D eigenvalue weighted by Gasteiger charge is -2.09. The Bertz CT molecular complexity index is 572. The molecule has 18 heavy (non-hydrogen) atoms. The van der Waals surface area contributed by atoms with E-state index in [9.17, 15) is 0 Å². The Balaban J connectivity index is 2.56. The highest BCUT2D eigenvalue weighted by Crippen LogP contribution is 2.28. The average Bonchev–Trinajstić information content (AvgIpc) is 2.35. The van der Waals surface area contributed by atoms with Crippen LogP contribution in [0.4, 0.5) is 5.82 Å². The van der Waals surface area contributed by atoms with Gasteiger partial charge in [0, 0.05) is 10.0 Å². The first-order valence-electron chi connectivity index (χ1n) is 5.70. The summed E-state index contributed by atoms with van der Waals surface area (Å²) in [5.41, 5.74) is 7.96. The van der Waals surface area contributed by atoms with Crippen LogP contribution in [0.3, 0.4) is 0 Å². The summed E-state index contributed by atoms with van der Waals surface area (Å²) in [5, 5.41) is 0. The highest BCUT2D eigenvalue weighted by molar-refractivity contribution is 14.1. The number of nitrogen functional groups attached to an aromatic ring is 1. The summed E-state index contributed by atoms with van der Waals surface area (Å²) in [6, 6.07) is 7.90. The summed E-state index contributed by atoms with van der Waals surface area (Å²) < 4.78 is 1.94. The maximum absolute atomic E-state index is 5.97. The van der Waals surface area contributed by atoms with E-state index in [4.69, 9.17) is 5.73 Å². The quantitative estimate of drug-likeness (QED) is 0.766. The van der Waals surface area contributed by atoms with Crippen molar-refractivity contribution in [1.29, 1.82) is 0 Å². The molecule has 2 aromatic rings. The predicted molar refractivity (Wildman–Crippen MR) is 86.3 cm³/mol. The molecule has 0 bridgehead atoms. The largest absolute Gasteiger partial charge is 0.383 e. The summed E-state index contributed by atoms with van der Waals surface area (Å²) in [5.74, 6) is 1.24. The van der Waals surface area contributed by atoms with Crippen molar-refractivity contribution in [2.75, 3.05) is 5.73 Å². The molecule has 1 heterocycles. The molecule has 0 saturated carbocycles. The standard InChI is InChI=1S/C13H13BrIN3/c1-2-5-10-11(15)12(16)18-13(17-10)8-6-3-4-7-9(8)14/h3-4,6-7H,2,5H2,1H3,(H2,16,17,18). The molecule has 0 unspecified atom stereocenters. The van der Waals surface area contributed by atoms with Crippen molar-refractivity contribution in [2.45, 2.75) is 19.8 Å². The van der Waals surface area contributed by atoms with Crippen molar-refractivity contribution < 1.29 is 0 Å². The molecule has 2 N–H and O–H groups in total. The van der Waals surface area contributed by atoms with Gasteiger partial charge < -0.3 is 5.73 Å². The lowest BCUT2D eigenvalue weighted by molar-refractivity contribution is 0.869. The van der Waals surface area contributed by atoms with Crippen LogP contribution in [0.15, 0.2) is 28.7 Å².